The molecule has 0 spiro atoms. The van der Waals surface area contributed by atoms with Crippen molar-refractivity contribution in [3.63, 3.8) is 0 Å². The SMILES string of the molecule is C=CC(=O)NC[C@H]1CN(c2ccc(C(F)(F)F)cc2)c2cc(C3CC3)nn2C1. The smallest absolute Gasteiger partial charge is 0.352 e. The number of halogens is 3. The van der Waals surface area contributed by atoms with Gasteiger partial charge in [-0.05, 0) is 43.2 Å². The molecule has 1 fully saturated rings. The van der Waals surface area contributed by atoms with Gasteiger partial charge in [-0.15, -0.1) is 0 Å². The zero-order valence-electron chi connectivity index (χ0n) is 15.2. The van der Waals surface area contributed by atoms with Gasteiger partial charge >= 0.3 is 6.18 Å². The van der Waals surface area contributed by atoms with E-state index in [0.29, 0.717) is 31.2 Å². The van der Waals surface area contributed by atoms with Crippen LogP contribution < -0.4 is 10.2 Å². The molecule has 1 saturated carbocycles. The van der Waals surface area contributed by atoms with Crippen molar-refractivity contribution >= 4 is 17.4 Å². The van der Waals surface area contributed by atoms with Crippen LogP contribution in [0.3, 0.4) is 0 Å². The summed E-state index contributed by atoms with van der Waals surface area (Å²) in [7, 11) is 0. The molecule has 8 heteroatoms. The predicted octanol–water partition coefficient (Wildman–Crippen LogP) is 3.85. The number of alkyl halides is 3. The van der Waals surface area contributed by atoms with E-state index < -0.39 is 11.7 Å². The van der Waals surface area contributed by atoms with E-state index in [1.807, 2.05) is 15.6 Å². The third-order valence-corrected chi connectivity index (χ3v) is 5.18. The van der Waals surface area contributed by atoms with Crippen molar-refractivity contribution in [2.24, 2.45) is 5.92 Å². The fourth-order valence-electron chi connectivity index (χ4n) is 3.52. The van der Waals surface area contributed by atoms with Crippen molar-refractivity contribution in [3.05, 3.63) is 54.2 Å². The van der Waals surface area contributed by atoms with Crippen molar-refractivity contribution in [2.75, 3.05) is 18.0 Å². The number of nitrogens with zero attached hydrogens (tertiary/aromatic N) is 3. The van der Waals surface area contributed by atoms with Gasteiger partial charge in [-0.3, -0.25) is 4.79 Å². The van der Waals surface area contributed by atoms with Crippen LogP contribution in [0.1, 0.15) is 30.0 Å². The number of carbonyl (C=O) groups is 1. The Labute approximate surface area is 160 Å². The first-order chi connectivity index (χ1) is 13.3. The normalized spacial score (nSPS) is 19.2. The molecule has 0 unspecified atom stereocenters. The average molecular weight is 390 g/mol. The molecule has 2 aromatic rings. The molecule has 148 valence electrons. The number of carbonyl (C=O) groups excluding carboxylic acids is 1. The molecule has 4 rings (SSSR count). The van der Waals surface area contributed by atoms with Crippen LogP contribution in [-0.2, 0) is 17.5 Å². The monoisotopic (exact) mass is 390 g/mol. The van der Waals surface area contributed by atoms with Gasteiger partial charge in [-0.25, -0.2) is 4.68 Å². The fourth-order valence-corrected chi connectivity index (χ4v) is 3.52. The van der Waals surface area contributed by atoms with Gasteiger partial charge in [0.1, 0.15) is 5.82 Å². The lowest BCUT2D eigenvalue weighted by Gasteiger charge is -2.35. The number of aromatic nitrogens is 2. The van der Waals surface area contributed by atoms with Gasteiger partial charge in [0.25, 0.3) is 0 Å². The lowest BCUT2D eigenvalue weighted by Crippen LogP contribution is -2.41. The highest BCUT2D eigenvalue weighted by molar-refractivity contribution is 5.86. The summed E-state index contributed by atoms with van der Waals surface area (Å²) in [4.78, 5) is 13.5. The second-order valence-corrected chi connectivity index (χ2v) is 7.35. The summed E-state index contributed by atoms with van der Waals surface area (Å²) < 4.78 is 40.6. The van der Waals surface area contributed by atoms with Crippen molar-refractivity contribution in [1.82, 2.24) is 15.1 Å². The topological polar surface area (TPSA) is 50.2 Å². The van der Waals surface area contributed by atoms with Crippen molar-refractivity contribution in [3.8, 4) is 0 Å². The van der Waals surface area contributed by atoms with Gasteiger partial charge in [0.15, 0.2) is 0 Å². The lowest BCUT2D eigenvalue weighted by atomic mass is 10.1. The quantitative estimate of drug-likeness (QED) is 0.789. The number of nitrogens with one attached hydrogen (secondary N) is 1. The van der Waals surface area contributed by atoms with Crippen LogP contribution in [0.5, 0.6) is 0 Å². The Morgan fingerprint density at radius 1 is 1.25 bits per heavy atom. The van der Waals surface area contributed by atoms with Crippen LogP contribution in [0.4, 0.5) is 24.7 Å². The van der Waals surface area contributed by atoms with Gasteiger partial charge in [0, 0.05) is 43.2 Å². The van der Waals surface area contributed by atoms with E-state index in [0.717, 1.165) is 36.5 Å². The summed E-state index contributed by atoms with van der Waals surface area (Å²) in [6, 6.07) is 7.21. The van der Waals surface area contributed by atoms with E-state index in [4.69, 9.17) is 5.10 Å². The van der Waals surface area contributed by atoms with Crippen LogP contribution in [-0.4, -0.2) is 28.8 Å². The van der Waals surface area contributed by atoms with Gasteiger partial charge < -0.3 is 10.2 Å². The van der Waals surface area contributed by atoms with Gasteiger partial charge in [-0.1, -0.05) is 6.58 Å². The molecule has 1 aromatic carbocycles. The zero-order chi connectivity index (χ0) is 19.9. The first-order valence-electron chi connectivity index (χ1n) is 9.28. The van der Waals surface area contributed by atoms with E-state index in [9.17, 15) is 18.0 Å². The average Bonchev–Trinajstić information content (AvgIpc) is 3.44. The Bertz CT molecular complexity index is 884. The van der Waals surface area contributed by atoms with Crippen molar-refractivity contribution in [2.45, 2.75) is 31.5 Å². The maximum Gasteiger partial charge on any atom is 0.416 e. The number of anilines is 2. The summed E-state index contributed by atoms with van der Waals surface area (Å²) >= 11 is 0. The molecule has 1 aliphatic carbocycles. The second-order valence-electron chi connectivity index (χ2n) is 7.35. The molecule has 1 aliphatic heterocycles. The zero-order valence-corrected chi connectivity index (χ0v) is 15.2. The minimum atomic E-state index is -4.36. The first-order valence-corrected chi connectivity index (χ1v) is 9.28. The number of amides is 1. The summed E-state index contributed by atoms with van der Waals surface area (Å²) in [6.45, 7) is 5.12. The van der Waals surface area contributed by atoms with Crippen molar-refractivity contribution < 1.29 is 18.0 Å². The maximum atomic E-state index is 12.9. The maximum absolute atomic E-state index is 12.9. The minimum absolute atomic E-state index is 0.0747. The standard InChI is InChI=1S/C20H21F3N4O/c1-2-18(28)24-10-13-11-26(16-7-5-15(6-8-16)20(21,22)23)19-9-17(14-3-4-14)25-27(19)12-13/h2,5-9,13-14H,1,3-4,10-12H2,(H,24,28)/t13-/m0/s1. The number of rotatable bonds is 5. The predicted molar refractivity (Wildman–Crippen MR) is 99.3 cm³/mol. The van der Waals surface area contributed by atoms with Gasteiger partial charge in [0.2, 0.25) is 5.91 Å². The first kappa shape index (κ1) is 18.6. The Hall–Kier alpha value is -2.77. The van der Waals surface area contributed by atoms with Crippen LogP contribution in [0.2, 0.25) is 0 Å². The molecular weight excluding hydrogens is 369 g/mol. The molecular formula is C20H21F3N4O. The van der Waals surface area contributed by atoms with Crippen LogP contribution >= 0.6 is 0 Å². The molecule has 28 heavy (non-hydrogen) atoms. The Balaban J connectivity index is 1.62. The lowest BCUT2D eigenvalue weighted by molar-refractivity contribution is -0.137. The highest BCUT2D eigenvalue weighted by Crippen LogP contribution is 2.42. The highest BCUT2D eigenvalue weighted by Gasteiger charge is 2.33. The number of fused-ring (bicyclic) bond motifs is 1. The minimum Gasteiger partial charge on any atom is -0.352 e. The molecule has 1 atom stereocenters. The fraction of sp³-hybridized carbons (Fsp3) is 0.400. The molecule has 0 bridgehead atoms. The van der Waals surface area contributed by atoms with E-state index in [1.165, 1.54) is 18.2 Å². The van der Waals surface area contributed by atoms with Crippen LogP contribution in [0.25, 0.3) is 0 Å². The molecule has 2 heterocycles. The molecule has 1 N–H and O–H groups in total. The number of hydrogen-bond acceptors (Lipinski definition) is 3. The molecule has 2 aliphatic rings. The number of hydrogen-bond donors (Lipinski definition) is 1. The summed E-state index contributed by atoms with van der Waals surface area (Å²) in [5, 5.41) is 7.51. The Morgan fingerprint density at radius 2 is 1.96 bits per heavy atom. The third-order valence-electron chi connectivity index (χ3n) is 5.18. The molecule has 5 nitrogen and oxygen atoms in total. The Kier molecular flexibility index (Phi) is 4.64. The van der Waals surface area contributed by atoms with E-state index in [1.54, 1.807) is 0 Å². The second kappa shape index (κ2) is 7.00. The third kappa shape index (κ3) is 3.76. The summed E-state index contributed by atoms with van der Waals surface area (Å²) in [5.41, 5.74) is 1.04. The molecule has 0 radical (unpaired) electrons. The van der Waals surface area contributed by atoms with E-state index >= 15 is 0 Å². The van der Waals surface area contributed by atoms with Crippen LogP contribution in [0.15, 0.2) is 43.0 Å². The molecule has 0 saturated heterocycles. The summed E-state index contributed by atoms with van der Waals surface area (Å²) in [5.74, 6) is 1.19. The van der Waals surface area contributed by atoms with Crippen LogP contribution in [0, 0.1) is 5.92 Å². The number of benzene rings is 1. The van der Waals surface area contributed by atoms with E-state index in [-0.39, 0.29) is 11.8 Å². The van der Waals surface area contributed by atoms with Gasteiger partial charge in [-0.2, -0.15) is 18.3 Å². The molecule has 1 aromatic heterocycles. The van der Waals surface area contributed by atoms with E-state index in [2.05, 4.69) is 11.9 Å². The molecule has 1 amide bonds. The highest BCUT2D eigenvalue weighted by atomic mass is 19.4. The Morgan fingerprint density at radius 3 is 2.57 bits per heavy atom. The summed E-state index contributed by atoms with van der Waals surface area (Å²) in [6.07, 6.45) is -0.898. The van der Waals surface area contributed by atoms with Crippen molar-refractivity contribution in [1.29, 1.82) is 0 Å². The van der Waals surface area contributed by atoms with Gasteiger partial charge in [0.05, 0.1) is 11.3 Å². The largest absolute Gasteiger partial charge is 0.416 e.